The maximum absolute atomic E-state index is 12.6. The van der Waals surface area contributed by atoms with Crippen LogP contribution < -0.4 is 10.1 Å². The number of nitrogens with zero attached hydrogens (tertiary/aromatic N) is 2. The van der Waals surface area contributed by atoms with Crippen LogP contribution in [0.5, 0.6) is 5.88 Å². The highest BCUT2D eigenvalue weighted by atomic mass is 16.5. The SMILES string of the molecule is COc1ccc(NC(=O)c2cc(C)nc3ccc(C)cc23)cn1. The van der Waals surface area contributed by atoms with Gasteiger partial charge in [0.15, 0.2) is 0 Å². The van der Waals surface area contributed by atoms with Gasteiger partial charge in [-0.25, -0.2) is 4.98 Å². The topological polar surface area (TPSA) is 64.1 Å². The molecule has 5 nitrogen and oxygen atoms in total. The molecule has 0 aliphatic carbocycles. The van der Waals surface area contributed by atoms with Crippen LogP contribution in [0.1, 0.15) is 21.6 Å². The van der Waals surface area contributed by atoms with Crippen molar-refractivity contribution in [2.45, 2.75) is 13.8 Å². The van der Waals surface area contributed by atoms with Crippen molar-refractivity contribution < 1.29 is 9.53 Å². The summed E-state index contributed by atoms with van der Waals surface area (Å²) in [6, 6.07) is 11.2. The first-order valence-corrected chi connectivity index (χ1v) is 7.26. The van der Waals surface area contributed by atoms with Crippen LogP contribution in [0.15, 0.2) is 42.6 Å². The molecule has 0 bridgehead atoms. The number of pyridine rings is 2. The summed E-state index contributed by atoms with van der Waals surface area (Å²) in [6.07, 6.45) is 1.57. The van der Waals surface area contributed by atoms with Gasteiger partial charge in [0.2, 0.25) is 5.88 Å². The number of benzene rings is 1. The number of methoxy groups -OCH3 is 1. The van der Waals surface area contributed by atoms with Crippen molar-refractivity contribution >= 4 is 22.5 Å². The summed E-state index contributed by atoms with van der Waals surface area (Å²) in [5, 5.41) is 3.71. The van der Waals surface area contributed by atoms with Crippen LogP contribution in [0.3, 0.4) is 0 Å². The van der Waals surface area contributed by atoms with Crippen molar-refractivity contribution in [2.75, 3.05) is 12.4 Å². The fourth-order valence-electron chi connectivity index (χ4n) is 2.43. The number of ether oxygens (including phenoxy) is 1. The van der Waals surface area contributed by atoms with E-state index in [1.165, 1.54) is 0 Å². The number of hydrogen-bond donors (Lipinski definition) is 1. The van der Waals surface area contributed by atoms with Crippen molar-refractivity contribution in [2.24, 2.45) is 0 Å². The molecule has 0 spiro atoms. The highest BCUT2D eigenvalue weighted by Gasteiger charge is 2.13. The lowest BCUT2D eigenvalue weighted by Gasteiger charge is -2.10. The van der Waals surface area contributed by atoms with E-state index >= 15 is 0 Å². The normalized spacial score (nSPS) is 10.6. The summed E-state index contributed by atoms with van der Waals surface area (Å²) in [5.74, 6) is 0.321. The van der Waals surface area contributed by atoms with Crippen molar-refractivity contribution in [1.82, 2.24) is 9.97 Å². The minimum Gasteiger partial charge on any atom is -0.481 e. The third-order valence-corrected chi connectivity index (χ3v) is 3.54. The van der Waals surface area contributed by atoms with E-state index in [1.807, 2.05) is 32.0 Å². The predicted octanol–water partition coefficient (Wildman–Crippen LogP) is 3.51. The molecule has 0 saturated carbocycles. The summed E-state index contributed by atoms with van der Waals surface area (Å²) in [4.78, 5) is 21.2. The second kappa shape index (κ2) is 6.04. The zero-order valence-electron chi connectivity index (χ0n) is 13.3. The van der Waals surface area contributed by atoms with Gasteiger partial charge in [-0.3, -0.25) is 9.78 Å². The average Bonchev–Trinajstić information content (AvgIpc) is 2.55. The standard InChI is InChI=1S/C18H17N3O2/c1-11-4-6-16-14(8-11)15(9-12(2)20-16)18(22)21-13-5-7-17(23-3)19-10-13/h4-10H,1-3H3,(H,21,22). The lowest BCUT2D eigenvalue weighted by molar-refractivity contribution is 0.102. The molecule has 2 heterocycles. The summed E-state index contributed by atoms with van der Waals surface area (Å²) in [7, 11) is 1.55. The van der Waals surface area contributed by atoms with Gasteiger partial charge in [0.25, 0.3) is 5.91 Å². The number of anilines is 1. The first kappa shape index (κ1) is 15.0. The molecule has 0 atom stereocenters. The minimum absolute atomic E-state index is 0.182. The van der Waals surface area contributed by atoms with Gasteiger partial charge in [-0.05, 0) is 38.1 Å². The second-order valence-electron chi connectivity index (χ2n) is 5.38. The Kier molecular flexibility index (Phi) is 3.93. The molecule has 3 rings (SSSR count). The molecule has 0 saturated heterocycles. The molecule has 2 aromatic heterocycles. The zero-order chi connectivity index (χ0) is 16.4. The van der Waals surface area contributed by atoms with E-state index in [0.29, 0.717) is 17.1 Å². The molecule has 0 radical (unpaired) electrons. The van der Waals surface area contributed by atoms with Gasteiger partial charge >= 0.3 is 0 Å². The number of fused-ring (bicyclic) bond motifs is 1. The van der Waals surface area contributed by atoms with Gasteiger partial charge in [-0.1, -0.05) is 11.6 Å². The molecule has 0 aliphatic heterocycles. The lowest BCUT2D eigenvalue weighted by Crippen LogP contribution is -2.13. The van der Waals surface area contributed by atoms with Crippen molar-refractivity contribution in [3.63, 3.8) is 0 Å². The fourth-order valence-corrected chi connectivity index (χ4v) is 2.43. The van der Waals surface area contributed by atoms with E-state index in [-0.39, 0.29) is 5.91 Å². The molecule has 23 heavy (non-hydrogen) atoms. The van der Waals surface area contributed by atoms with Crippen LogP contribution in [-0.2, 0) is 0 Å². The highest BCUT2D eigenvalue weighted by Crippen LogP contribution is 2.21. The Bertz CT molecular complexity index is 873. The summed E-state index contributed by atoms with van der Waals surface area (Å²) in [5.41, 5.74) is 3.93. The van der Waals surface area contributed by atoms with Gasteiger partial charge < -0.3 is 10.1 Å². The van der Waals surface area contributed by atoms with Gasteiger partial charge in [0.1, 0.15) is 0 Å². The summed E-state index contributed by atoms with van der Waals surface area (Å²) in [6.45, 7) is 3.87. The van der Waals surface area contributed by atoms with E-state index in [2.05, 4.69) is 15.3 Å². The molecular weight excluding hydrogens is 290 g/mol. The number of hydrogen-bond acceptors (Lipinski definition) is 4. The van der Waals surface area contributed by atoms with Gasteiger partial charge in [-0.15, -0.1) is 0 Å². The lowest BCUT2D eigenvalue weighted by atomic mass is 10.0. The second-order valence-corrected chi connectivity index (χ2v) is 5.38. The summed E-state index contributed by atoms with van der Waals surface area (Å²) >= 11 is 0. The Labute approximate surface area is 134 Å². The summed E-state index contributed by atoms with van der Waals surface area (Å²) < 4.78 is 5.01. The first-order chi connectivity index (χ1) is 11.1. The number of aryl methyl sites for hydroxylation is 2. The van der Waals surface area contributed by atoms with Crippen LogP contribution >= 0.6 is 0 Å². The number of amides is 1. The predicted molar refractivity (Wildman–Crippen MR) is 90.0 cm³/mol. The first-order valence-electron chi connectivity index (χ1n) is 7.26. The van der Waals surface area contributed by atoms with Crippen molar-refractivity contribution in [3.05, 3.63) is 59.4 Å². The molecule has 116 valence electrons. The number of nitrogens with one attached hydrogen (secondary N) is 1. The third kappa shape index (κ3) is 3.13. The average molecular weight is 307 g/mol. The van der Waals surface area contributed by atoms with Crippen molar-refractivity contribution in [3.8, 4) is 5.88 Å². The molecule has 1 amide bonds. The maximum Gasteiger partial charge on any atom is 0.256 e. The Hall–Kier alpha value is -2.95. The molecular formula is C18H17N3O2. The maximum atomic E-state index is 12.6. The molecule has 3 aromatic rings. The number of rotatable bonds is 3. The molecule has 5 heteroatoms. The quantitative estimate of drug-likeness (QED) is 0.804. The fraction of sp³-hybridized carbons (Fsp3) is 0.167. The Morgan fingerprint density at radius 3 is 2.65 bits per heavy atom. The van der Waals surface area contributed by atoms with Crippen LogP contribution in [0.4, 0.5) is 5.69 Å². The molecule has 1 aromatic carbocycles. The van der Waals surface area contributed by atoms with Gasteiger partial charge in [0, 0.05) is 17.1 Å². The molecule has 0 fully saturated rings. The van der Waals surface area contributed by atoms with E-state index in [9.17, 15) is 4.79 Å². The molecule has 0 aliphatic rings. The Morgan fingerprint density at radius 2 is 1.96 bits per heavy atom. The van der Waals surface area contributed by atoms with E-state index < -0.39 is 0 Å². The third-order valence-electron chi connectivity index (χ3n) is 3.54. The minimum atomic E-state index is -0.182. The number of carbonyl (C=O) groups excluding carboxylic acids is 1. The zero-order valence-corrected chi connectivity index (χ0v) is 13.3. The number of aromatic nitrogens is 2. The molecule has 0 unspecified atom stereocenters. The Balaban J connectivity index is 1.97. The van der Waals surface area contributed by atoms with Gasteiger partial charge in [-0.2, -0.15) is 0 Å². The number of carbonyl (C=O) groups is 1. The van der Waals surface area contributed by atoms with Crippen LogP contribution in [0, 0.1) is 13.8 Å². The van der Waals surface area contributed by atoms with Gasteiger partial charge in [0.05, 0.1) is 30.1 Å². The van der Waals surface area contributed by atoms with E-state index in [0.717, 1.165) is 22.2 Å². The van der Waals surface area contributed by atoms with Crippen LogP contribution in [-0.4, -0.2) is 23.0 Å². The molecule has 1 N–H and O–H groups in total. The van der Waals surface area contributed by atoms with Crippen LogP contribution in [0.25, 0.3) is 10.9 Å². The van der Waals surface area contributed by atoms with Crippen molar-refractivity contribution in [1.29, 1.82) is 0 Å². The smallest absolute Gasteiger partial charge is 0.256 e. The van der Waals surface area contributed by atoms with Crippen LogP contribution in [0.2, 0.25) is 0 Å². The largest absolute Gasteiger partial charge is 0.481 e. The monoisotopic (exact) mass is 307 g/mol. The van der Waals surface area contributed by atoms with E-state index in [1.54, 1.807) is 31.5 Å². The highest BCUT2D eigenvalue weighted by molar-refractivity contribution is 6.12. The van der Waals surface area contributed by atoms with E-state index in [4.69, 9.17) is 4.74 Å². The Morgan fingerprint density at radius 1 is 1.13 bits per heavy atom.